The van der Waals surface area contributed by atoms with Gasteiger partial charge in [0.25, 0.3) is 5.91 Å². The van der Waals surface area contributed by atoms with Crippen LogP contribution in [0.2, 0.25) is 0 Å². The van der Waals surface area contributed by atoms with E-state index in [9.17, 15) is 9.59 Å². The third kappa shape index (κ3) is 6.03. The van der Waals surface area contributed by atoms with Gasteiger partial charge in [-0.05, 0) is 44.0 Å². The van der Waals surface area contributed by atoms with E-state index in [2.05, 4.69) is 20.9 Å². The molecule has 0 atom stereocenters. The average Bonchev–Trinajstić information content (AvgIpc) is 3.44. The Morgan fingerprint density at radius 3 is 2.76 bits per heavy atom. The first-order valence-electron chi connectivity index (χ1n) is 8.96. The number of hydrogen-bond donors (Lipinski definition) is 3. The summed E-state index contributed by atoms with van der Waals surface area (Å²) in [6.07, 6.45) is 3.00. The molecular formula is C18H26N4O3. The van der Waals surface area contributed by atoms with Crippen LogP contribution in [0, 0.1) is 0 Å². The maximum atomic E-state index is 12.0. The Balaban J connectivity index is 1.37. The summed E-state index contributed by atoms with van der Waals surface area (Å²) in [5.74, 6) is -0.0860. The van der Waals surface area contributed by atoms with Crippen molar-refractivity contribution in [1.29, 1.82) is 0 Å². The molecule has 2 aliphatic rings. The quantitative estimate of drug-likeness (QED) is 0.652. The SMILES string of the molecule is O=C(NCCCN1CCOCC1)Nc1cccc(C(=O)NC2CC2)c1. The van der Waals surface area contributed by atoms with Crippen molar-refractivity contribution in [2.45, 2.75) is 25.3 Å². The largest absolute Gasteiger partial charge is 0.379 e. The Kier molecular flexibility index (Phi) is 6.25. The third-order valence-electron chi connectivity index (χ3n) is 4.34. The molecule has 3 rings (SSSR count). The molecule has 7 nitrogen and oxygen atoms in total. The number of amides is 3. The van der Waals surface area contributed by atoms with Crippen molar-refractivity contribution in [3.63, 3.8) is 0 Å². The van der Waals surface area contributed by atoms with Crippen LogP contribution in [0.25, 0.3) is 0 Å². The fraction of sp³-hybridized carbons (Fsp3) is 0.556. The summed E-state index contributed by atoms with van der Waals surface area (Å²) in [5, 5.41) is 8.58. The molecule has 3 N–H and O–H groups in total. The molecule has 0 unspecified atom stereocenters. The molecule has 0 bridgehead atoms. The molecule has 1 aromatic rings. The molecule has 1 saturated heterocycles. The van der Waals surface area contributed by atoms with Crippen molar-refractivity contribution in [3.05, 3.63) is 29.8 Å². The van der Waals surface area contributed by atoms with Gasteiger partial charge in [0.2, 0.25) is 0 Å². The van der Waals surface area contributed by atoms with Crippen molar-refractivity contribution < 1.29 is 14.3 Å². The molecule has 0 aromatic heterocycles. The van der Waals surface area contributed by atoms with Gasteiger partial charge in [-0.25, -0.2) is 4.79 Å². The molecule has 2 fully saturated rings. The fourth-order valence-electron chi connectivity index (χ4n) is 2.74. The van der Waals surface area contributed by atoms with E-state index in [1.807, 2.05) is 0 Å². The molecule has 1 aromatic carbocycles. The van der Waals surface area contributed by atoms with Gasteiger partial charge in [-0.2, -0.15) is 0 Å². The highest BCUT2D eigenvalue weighted by Crippen LogP contribution is 2.20. The van der Waals surface area contributed by atoms with E-state index in [1.54, 1.807) is 24.3 Å². The summed E-state index contributed by atoms with van der Waals surface area (Å²) < 4.78 is 5.31. The minimum atomic E-state index is -0.248. The van der Waals surface area contributed by atoms with E-state index in [0.29, 0.717) is 23.8 Å². The molecule has 3 amide bonds. The molecule has 25 heavy (non-hydrogen) atoms. The summed E-state index contributed by atoms with van der Waals surface area (Å²) in [6.45, 7) is 5.08. The molecule has 1 saturated carbocycles. The monoisotopic (exact) mass is 346 g/mol. The van der Waals surface area contributed by atoms with E-state index in [4.69, 9.17) is 4.74 Å². The second kappa shape index (κ2) is 8.82. The number of benzene rings is 1. The second-order valence-corrected chi connectivity index (χ2v) is 6.52. The van der Waals surface area contributed by atoms with Crippen LogP contribution in [-0.2, 0) is 4.74 Å². The molecule has 1 heterocycles. The molecule has 1 aliphatic heterocycles. The van der Waals surface area contributed by atoms with Gasteiger partial charge < -0.3 is 20.7 Å². The van der Waals surface area contributed by atoms with Crippen LogP contribution in [0.15, 0.2) is 24.3 Å². The Morgan fingerprint density at radius 2 is 2.00 bits per heavy atom. The zero-order valence-electron chi connectivity index (χ0n) is 14.4. The molecule has 0 spiro atoms. The number of carbonyl (C=O) groups is 2. The highest BCUT2D eigenvalue weighted by Gasteiger charge is 2.23. The van der Waals surface area contributed by atoms with E-state index < -0.39 is 0 Å². The number of nitrogens with zero attached hydrogens (tertiary/aromatic N) is 1. The minimum Gasteiger partial charge on any atom is -0.379 e. The summed E-state index contributed by atoms with van der Waals surface area (Å²) in [6, 6.07) is 7.08. The summed E-state index contributed by atoms with van der Waals surface area (Å²) >= 11 is 0. The van der Waals surface area contributed by atoms with E-state index >= 15 is 0 Å². The van der Waals surface area contributed by atoms with Gasteiger partial charge in [0.1, 0.15) is 0 Å². The molecule has 0 radical (unpaired) electrons. The van der Waals surface area contributed by atoms with Crippen molar-refractivity contribution >= 4 is 17.6 Å². The van der Waals surface area contributed by atoms with Crippen LogP contribution < -0.4 is 16.0 Å². The average molecular weight is 346 g/mol. The van der Waals surface area contributed by atoms with E-state index in [1.165, 1.54) is 0 Å². The van der Waals surface area contributed by atoms with Crippen LogP contribution in [-0.4, -0.2) is 62.3 Å². The van der Waals surface area contributed by atoms with Gasteiger partial charge in [0, 0.05) is 36.9 Å². The van der Waals surface area contributed by atoms with E-state index in [0.717, 1.165) is 52.1 Å². The van der Waals surface area contributed by atoms with Gasteiger partial charge in [-0.3, -0.25) is 9.69 Å². The topological polar surface area (TPSA) is 82.7 Å². The van der Waals surface area contributed by atoms with E-state index in [-0.39, 0.29) is 11.9 Å². The van der Waals surface area contributed by atoms with Gasteiger partial charge in [-0.1, -0.05) is 6.07 Å². The van der Waals surface area contributed by atoms with Crippen LogP contribution in [0.4, 0.5) is 10.5 Å². The van der Waals surface area contributed by atoms with Gasteiger partial charge in [0.05, 0.1) is 13.2 Å². The second-order valence-electron chi connectivity index (χ2n) is 6.52. The summed E-state index contributed by atoms with van der Waals surface area (Å²) in [4.78, 5) is 26.4. The highest BCUT2D eigenvalue weighted by atomic mass is 16.5. The van der Waals surface area contributed by atoms with Crippen LogP contribution >= 0.6 is 0 Å². The Labute approximate surface area is 148 Å². The van der Waals surface area contributed by atoms with Crippen LogP contribution in [0.1, 0.15) is 29.6 Å². The number of rotatable bonds is 7. The number of nitrogens with one attached hydrogen (secondary N) is 3. The standard InChI is InChI=1S/C18H26N4O3/c23-17(20-15-5-6-15)14-3-1-4-16(13-14)21-18(24)19-7-2-8-22-9-11-25-12-10-22/h1,3-4,13,15H,2,5-12H2,(H,20,23)(H2,19,21,24). The predicted octanol–water partition coefficient (Wildman–Crippen LogP) is 1.42. The fourth-order valence-corrected chi connectivity index (χ4v) is 2.74. The van der Waals surface area contributed by atoms with Crippen molar-refractivity contribution in [2.75, 3.05) is 44.7 Å². The molecule has 136 valence electrons. The normalized spacial score (nSPS) is 17.8. The predicted molar refractivity (Wildman–Crippen MR) is 95.8 cm³/mol. The molecule has 1 aliphatic carbocycles. The van der Waals surface area contributed by atoms with Crippen molar-refractivity contribution in [2.24, 2.45) is 0 Å². The Bertz CT molecular complexity index is 598. The van der Waals surface area contributed by atoms with Crippen molar-refractivity contribution in [1.82, 2.24) is 15.5 Å². The first kappa shape index (κ1) is 17.7. The zero-order chi connectivity index (χ0) is 17.5. The number of morpholine rings is 1. The molecule has 7 heteroatoms. The first-order chi connectivity index (χ1) is 12.2. The summed E-state index contributed by atoms with van der Waals surface area (Å²) in [5.41, 5.74) is 1.19. The zero-order valence-corrected chi connectivity index (χ0v) is 14.4. The number of anilines is 1. The lowest BCUT2D eigenvalue weighted by Gasteiger charge is -2.26. The number of ether oxygens (including phenoxy) is 1. The lowest BCUT2D eigenvalue weighted by Crippen LogP contribution is -2.38. The minimum absolute atomic E-state index is 0.0860. The van der Waals surface area contributed by atoms with Gasteiger partial charge >= 0.3 is 6.03 Å². The third-order valence-corrected chi connectivity index (χ3v) is 4.34. The van der Waals surface area contributed by atoms with Crippen molar-refractivity contribution in [3.8, 4) is 0 Å². The number of urea groups is 1. The lowest BCUT2D eigenvalue weighted by atomic mass is 10.2. The smallest absolute Gasteiger partial charge is 0.319 e. The number of hydrogen-bond acceptors (Lipinski definition) is 4. The first-order valence-corrected chi connectivity index (χ1v) is 8.96. The molecular weight excluding hydrogens is 320 g/mol. The maximum absolute atomic E-state index is 12.0. The van der Waals surface area contributed by atoms with Crippen LogP contribution in [0.3, 0.4) is 0 Å². The highest BCUT2D eigenvalue weighted by molar-refractivity contribution is 5.97. The maximum Gasteiger partial charge on any atom is 0.319 e. The van der Waals surface area contributed by atoms with Gasteiger partial charge in [-0.15, -0.1) is 0 Å². The summed E-state index contributed by atoms with van der Waals surface area (Å²) in [7, 11) is 0. The Morgan fingerprint density at radius 1 is 1.20 bits per heavy atom. The van der Waals surface area contributed by atoms with Gasteiger partial charge in [0.15, 0.2) is 0 Å². The Hall–Kier alpha value is -2.12. The number of carbonyl (C=O) groups excluding carboxylic acids is 2. The van der Waals surface area contributed by atoms with Crippen LogP contribution in [0.5, 0.6) is 0 Å². The lowest BCUT2D eigenvalue weighted by molar-refractivity contribution is 0.0375.